The highest BCUT2D eigenvalue weighted by Crippen LogP contribution is 2.21. The Labute approximate surface area is 114 Å². The largest absolute Gasteiger partial charge is 0.409 e. The van der Waals surface area contributed by atoms with Crippen LogP contribution in [-0.2, 0) is 9.53 Å². The first-order chi connectivity index (χ1) is 8.94. The summed E-state index contributed by atoms with van der Waals surface area (Å²) in [6.45, 7) is 5.86. The first kappa shape index (κ1) is 17.7. The van der Waals surface area contributed by atoms with Crippen LogP contribution in [0, 0.1) is 5.41 Å². The summed E-state index contributed by atoms with van der Waals surface area (Å²) in [5, 5.41) is 17.4. The zero-order valence-corrected chi connectivity index (χ0v) is 12.0. The lowest BCUT2D eigenvalue weighted by Gasteiger charge is -2.22. The number of hydrogen-bond acceptors (Lipinski definition) is 5. The minimum absolute atomic E-state index is 0.0484. The van der Waals surface area contributed by atoms with Gasteiger partial charge in [-0.15, -0.1) is 0 Å². The second-order valence-electron chi connectivity index (χ2n) is 4.99. The van der Waals surface area contributed by atoms with Gasteiger partial charge >= 0.3 is 0 Å². The number of nitrogens with zero attached hydrogens (tertiary/aromatic N) is 1. The zero-order chi connectivity index (χ0) is 14.7. The Hall–Kier alpha value is -1.34. The van der Waals surface area contributed by atoms with Crippen molar-refractivity contribution in [2.45, 2.75) is 26.7 Å². The van der Waals surface area contributed by atoms with E-state index in [1.54, 1.807) is 7.11 Å². The standard InChI is InChI=1S/C12H26N4O3/c1-12(2,11(13)16-18)5-4-6-14-9-10(17)15-7-8-19-3/h14,18H,4-9H2,1-3H3,(H2,13,16)(H,15,17). The molecule has 112 valence electrons. The smallest absolute Gasteiger partial charge is 0.234 e. The van der Waals surface area contributed by atoms with Crippen LogP contribution in [0.4, 0.5) is 0 Å². The summed E-state index contributed by atoms with van der Waals surface area (Å²) in [6, 6.07) is 0. The molecule has 0 aromatic heterocycles. The van der Waals surface area contributed by atoms with Crippen molar-refractivity contribution in [1.29, 1.82) is 0 Å². The van der Waals surface area contributed by atoms with Crippen LogP contribution >= 0.6 is 0 Å². The summed E-state index contributed by atoms with van der Waals surface area (Å²) in [5.74, 6) is 0.178. The third-order valence-corrected chi connectivity index (χ3v) is 2.87. The molecule has 5 N–H and O–H groups in total. The van der Waals surface area contributed by atoms with Crippen LogP contribution in [0.1, 0.15) is 26.7 Å². The first-order valence-corrected chi connectivity index (χ1v) is 6.38. The maximum Gasteiger partial charge on any atom is 0.234 e. The van der Waals surface area contributed by atoms with Crippen LogP contribution in [0.3, 0.4) is 0 Å². The number of ether oxygens (including phenoxy) is 1. The lowest BCUT2D eigenvalue weighted by Crippen LogP contribution is -2.36. The van der Waals surface area contributed by atoms with Gasteiger partial charge in [-0.3, -0.25) is 4.79 Å². The van der Waals surface area contributed by atoms with Crippen molar-refractivity contribution in [1.82, 2.24) is 10.6 Å². The van der Waals surface area contributed by atoms with E-state index in [4.69, 9.17) is 15.7 Å². The SMILES string of the molecule is COCCNC(=O)CNCCCC(C)(C)C(N)=NO. The number of rotatable bonds is 10. The van der Waals surface area contributed by atoms with Gasteiger partial charge in [0, 0.05) is 19.1 Å². The molecule has 0 aliphatic rings. The lowest BCUT2D eigenvalue weighted by atomic mass is 9.86. The maximum absolute atomic E-state index is 11.3. The van der Waals surface area contributed by atoms with E-state index in [2.05, 4.69) is 15.8 Å². The van der Waals surface area contributed by atoms with Gasteiger partial charge in [-0.05, 0) is 19.4 Å². The molecule has 7 heteroatoms. The molecule has 0 saturated heterocycles. The maximum atomic E-state index is 11.3. The van der Waals surface area contributed by atoms with Crippen LogP contribution in [0.5, 0.6) is 0 Å². The number of methoxy groups -OCH3 is 1. The number of carbonyl (C=O) groups is 1. The average molecular weight is 274 g/mol. The molecular formula is C12H26N4O3. The molecule has 0 aliphatic carbocycles. The topological polar surface area (TPSA) is 109 Å². The van der Waals surface area contributed by atoms with E-state index in [1.165, 1.54) is 0 Å². The van der Waals surface area contributed by atoms with Gasteiger partial charge in [0.05, 0.1) is 13.2 Å². The molecule has 19 heavy (non-hydrogen) atoms. The van der Waals surface area contributed by atoms with Crippen molar-refractivity contribution in [3.05, 3.63) is 0 Å². The highest BCUT2D eigenvalue weighted by Gasteiger charge is 2.22. The molecule has 0 aliphatic heterocycles. The number of nitrogens with two attached hydrogens (primary N) is 1. The van der Waals surface area contributed by atoms with Gasteiger partial charge in [-0.2, -0.15) is 0 Å². The number of nitrogens with one attached hydrogen (secondary N) is 2. The van der Waals surface area contributed by atoms with Gasteiger partial charge in [0.2, 0.25) is 5.91 Å². The Morgan fingerprint density at radius 2 is 2.11 bits per heavy atom. The number of oxime groups is 1. The summed E-state index contributed by atoms with van der Waals surface area (Å²) in [4.78, 5) is 11.3. The first-order valence-electron chi connectivity index (χ1n) is 6.38. The summed E-state index contributed by atoms with van der Waals surface area (Å²) < 4.78 is 4.83. The minimum Gasteiger partial charge on any atom is -0.409 e. The molecule has 7 nitrogen and oxygen atoms in total. The molecule has 0 atom stereocenters. The van der Waals surface area contributed by atoms with Crippen LogP contribution in [0.25, 0.3) is 0 Å². The molecule has 0 aromatic carbocycles. The van der Waals surface area contributed by atoms with E-state index in [-0.39, 0.29) is 23.7 Å². The number of amides is 1. The second kappa shape index (κ2) is 9.57. The van der Waals surface area contributed by atoms with Gasteiger partial charge in [0.15, 0.2) is 0 Å². The van der Waals surface area contributed by atoms with Gasteiger partial charge in [0.1, 0.15) is 5.84 Å². The van der Waals surface area contributed by atoms with E-state index in [0.29, 0.717) is 19.7 Å². The molecule has 0 rings (SSSR count). The molecule has 0 unspecified atom stereocenters. The normalized spacial score (nSPS) is 12.5. The summed E-state index contributed by atoms with van der Waals surface area (Å²) in [5.41, 5.74) is 5.25. The number of hydrogen-bond donors (Lipinski definition) is 4. The molecule has 0 bridgehead atoms. The second-order valence-corrected chi connectivity index (χ2v) is 4.99. The van der Waals surface area contributed by atoms with Crippen molar-refractivity contribution < 1.29 is 14.7 Å². The highest BCUT2D eigenvalue weighted by atomic mass is 16.5. The predicted octanol–water partition coefficient (Wildman–Crippen LogP) is -0.109. The molecule has 1 amide bonds. The highest BCUT2D eigenvalue weighted by molar-refractivity contribution is 5.85. The fourth-order valence-electron chi connectivity index (χ4n) is 1.48. The average Bonchev–Trinajstić information content (AvgIpc) is 2.37. The molecule has 0 radical (unpaired) electrons. The fraction of sp³-hybridized carbons (Fsp3) is 0.833. The summed E-state index contributed by atoms with van der Waals surface area (Å²) in [7, 11) is 1.59. The summed E-state index contributed by atoms with van der Waals surface area (Å²) in [6.07, 6.45) is 1.62. The Kier molecular flexibility index (Phi) is 8.90. The van der Waals surface area contributed by atoms with Crippen LogP contribution in [-0.4, -0.2) is 50.3 Å². The lowest BCUT2D eigenvalue weighted by molar-refractivity contribution is -0.120. The molecule has 0 heterocycles. The quantitative estimate of drug-likeness (QED) is 0.146. The van der Waals surface area contributed by atoms with E-state index >= 15 is 0 Å². The van der Waals surface area contributed by atoms with Gasteiger partial charge in [0.25, 0.3) is 0 Å². The molecule has 0 saturated carbocycles. The monoisotopic (exact) mass is 274 g/mol. The van der Waals surface area contributed by atoms with Crippen molar-refractivity contribution in [3.63, 3.8) is 0 Å². The minimum atomic E-state index is -0.336. The van der Waals surface area contributed by atoms with Crippen LogP contribution < -0.4 is 16.4 Å². The van der Waals surface area contributed by atoms with E-state index < -0.39 is 0 Å². The molecule has 0 spiro atoms. The van der Waals surface area contributed by atoms with Crippen LogP contribution in [0.15, 0.2) is 5.16 Å². The van der Waals surface area contributed by atoms with Gasteiger partial charge in [-0.1, -0.05) is 19.0 Å². The van der Waals surface area contributed by atoms with Gasteiger partial charge in [-0.25, -0.2) is 0 Å². The number of amidine groups is 1. The third-order valence-electron chi connectivity index (χ3n) is 2.87. The Morgan fingerprint density at radius 1 is 1.42 bits per heavy atom. The Bertz CT molecular complexity index is 293. The Morgan fingerprint density at radius 3 is 2.68 bits per heavy atom. The Balaban J connectivity index is 3.62. The van der Waals surface area contributed by atoms with E-state index in [1.807, 2.05) is 13.8 Å². The molecule has 0 fully saturated rings. The summed E-state index contributed by atoms with van der Waals surface area (Å²) >= 11 is 0. The molecule has 0 aromatic rings. The van der Waals surface area contributed by atoms with Crippen molar-refractivity contribution in [3.8, 4) is 0 Å². The third kappa shape index (κ3) is 8.39. The van der Waals surface area contributed by atoms with Gasteiger partial charge < -0.3 is 26.3 Å². The van der Waals surface area contributed by atoms with Crippen molar-refractivity contribution in [2.75, 3.05) is 33.4 Å². The van der Waals surface area contributed by atoms with Crippen molar-refractivity contribution in [2.24, 2.45) is 16.3 Å². The zero-order valence-electron chi connectivity index (χ0n) is 12.0. The fourth-order valence-corrected chi connectivity index (χ4v) is 1.48. The van der Waals surface area contributed by atoms with Crippen molar-refractivity contribution >= 4 is 11.7 Å². The van der Waals surface area contributed by atoms with Crippen LogP contribution in [0.2, 0.25) is 0 Å². The predicted molar refractivity (Wildman–Crippen MR) is 74.2 cm³/mol. The van der Waals surface area contributed by atoms with E-state index in [9.17, 15) is 4.79 Å². The molecular weight excluding hydrogens is 248 g/mol. The number of carbonyl (C=O) groups excluding carboxylic acids is 1. The van der Waals surface area contributed by atoms with E-state index in [0.717, 1.165) is 12.8 Å².